The van der Waals surface area contributed by atoms with E-state index in [4.69, 9.17) is 4.42 Å². The Morgan fingerprint density at radius 2 is 1.46 bits per heavy atom. The van der Waals surface area contributed by atoms with Crippen LogP contribution >= 0.6 is 0 Å². The van der Waals surface area contributed by atoms with Crippen molar-refractivity contribution in [1.82, 2.24) is 9.97 Å². The summed E-state index contributed by atoms with van der Waals surface area (Å²) >= 11 is 0. The van der Waals surface area contributed by atoms with Crippen molar-refractivity contribution in [2.75, 3.05) is 0 Å². The highest BCUT2D eigenvalue weighted by Gasteiger charge is 2.20. The van der Waals surface area contributed by atoms with Gasteiger partial charge in [0.15, 0.2) is 0 Å². The molecular formula is C19H12N2O3. The number of nitrogens with one attached hydrogen (secondary N) is 1. The van der Waals surface area contributed by atoms with E-state index in [1.807, 2.05) is 60.7 Å². The largest absolute Gasteiger partial charge is 0.437 e. The predicted molar refractivity (Wildman–Crippen MR) is 90.9 cm³/mol. The maximum absolute atomic E-state index is 12.3. The molecule has 0 amide bonds. The standard InChI is InChI=1S/C19H12N2O3/c22-17-16-14(12-7-3-1-4-8-12)11-15(13-9-5-2-6-10-13)24-18(16)21-19(23)20-17/h1-11H,(H,20,22,23). The van der Waals surface area contributed by atoms with Crippen molar-refractivity contribution >= 4 is 0 Å². The number of hydrogen-bond acceptors (Lipinski definition) is 4. The van der Waals surface area contributed by atoms with Crippen molar-refractivity contribution in [3.05, 3.63) is 87.6 Å². The van der Waals surface area contributed by atoms with E-state index in [1.54, 1.807) is 6.07 Å². The summed E-state index contributed by atoms with van der Waals surface area (Å²) in [5, 5.41) is 0. The number of fused-ring (bicyclic) bond motifs is 1. The van der Waals surface area contributed by atoms with Crippen LogP contribution in [0.2, 0.25) is 0 Å². The molecule has 0 atom stereocenters. The summed E-state index contributed by atoms with van der Waals surface area (Å²) in [6, 6.07) is 20.7. The number of rotatable bonds is 2. The van der Waals surface area contributed by atoms with Gasteiger partial charge in [0.1, 0.15) is 11.3 Å². The van der Waals surface area contributed by atoms with E-state index in [0.29, 0.717) is 11.3 Å². The van der Waals surface area contributed by atoms with Gasteiger partial charge in [0.25, 0.3) is 5.56 Å². The fourth-order valence-corrected chi connectivity index (χ4v) is 2.67. The number of nitrogens with zero attached hydrogens (tertiary/aromatic N) is 1. The summed E-state index contributed by atoms with van der Waals surface area (Å²) in [5.74, 6) is 0.573. The van der Waals surface area contributed by atoms with E-state index >= 15 is 0 Å². The molecule has 2 aliphatic heterocycles. The number of H-pyrrole nitrogens is 1. The zero-order chi connectivity index (χ0) is 16.5. The normalized spacial score (nSPS) is 10.8. The highest BCUT2D eigenvalue weighted by atomic mass is 16.3. The van der Waals surface area contributed by atoms with E-state index < -0.39 is 11.2 Å². The molecule has 0 fully saturated rings. The van der Waals surface area contributed by atoms with Crippen molar-refractivity contribution < 1.29 is 4.42 Å². The second kappa shape index (κ2) is 5.62. The Labute approximate surface area is 136 Å². The van der Waals surface area contributed by atoms with Gasteiger partial charge >= 0.3 is 5.69 Å². The Kier molecular flexibility index (Phi) is 3.31. The van der Waals surface area contributed by atoms with E-state index in [9.17, 15) is 9.59 Å². The lowest BCUT2D eigenvalue weighted by molar-refractivity contribution is 0.557. The third kappa shape index (κ3) is 2.42. The van der Waals surface area contributed by atoms with Gasteiger partial charge in [-0.3, -0.25) is 9.78 Å². The second-order valence-corrected chi connectivity index (χ2v) is 5.31. The van der Waals surface area contributed by atoms with Gasteiger partial charge in [0, 0.05) is 11.1 Å². The molecule has 1 N–H and O–H groups in total. The molecule has 2 aromatic rings. The average molecular weight is 316 g/mol. The van der Waals surface area contributed by atoms with Gasteiger partial charge in [-0.05, 0) is 11.6 Å². The summed E-state index contributed by atoms with van der Waals surface area (Å²) in [4.78, 5) is 29.9. The Bertz CT molecular complexity index is 1080. The molecule has 0 spiro atoms. The van der Waals surface area contributed by atoms with Crippen LogP contribution in [0.25, 0.3) is 33.9 Å². The van der Waals surface area contributed by atoms with Crippen LogP contribution < -0.4 is 11.2 Å². The Morgan fingerprint density at radius 3 is 2.12 bits per heavy atom. The van der Waals surface area contributed by atoms with Crippen LogP contribution in [0.5, 0.6) is 0 Å². The maximum Gasteiger partial charge on any atom is 0.351 e. The average Bonchev–Trinajstić information content (AvgIpc) is 2.62. The summed E-state index contributed by atoms with van der Waals surface area (Å²) in [6.07, 6.45) is 0. The monoisotopic (exact) mass is 316 g/mol. The molecule has 0 aliphatic carbocycles. The third-order valence-corrected chi connectivity index (χ3v) is 3.76. The molecule has 2 aromatic carbocycles. The van der Waals surface area contributed by atoms with E-state index in [2.05, 4.69) is 9.97 Å². The van der Waals surface area contributed by atoms with Crippen LogP contribution in [-0.2, 0) is 0 Å². The summed E-state index contributed by atoms with van der Waals surface area (Å²) in [7, 11) is 0. The zero-order valence-corrected chi connectivity index (χ0v) is 12.5. The molecule has 24 heavy (non-hydrogen) atoms. The van der Waals surface area contributed by atoms with Gasteiger partial charge in [-0.1, -0.05) is 60.7 Å². The third-order valence-electron chi connectivity index (χ3n) is 3.76. The predicted octanol–water partition coefficient (Wildman–Crippen LogP) is 3.16. The van der Waals surface area contributed by atoms with Crippen LogP contribution in [0.3, 0.4) is 0 Å². The number of hydrogen-bond donors (Lipinski definition) is 1. The topological polar surface area (TPSA) is 76.0 Å². The first kappa shape index (κ1) is 14.1. The quantitative estimate of drug-likeness (QED) is 0.616. The Hall–Kier alpha value is -3.47. The van der Waals surface area contributed by atoms with Crippen LogP contribution in [-0.4, -0.2) is 9.97 Å². The van der Waals surface area contributed by atoms with Crippen LogP contribution in [0, 0.1) is 0 Å². The first-order valence-electron chi connectivity index (χ1n) is 7.41. The lowest BCUT2D eigenvalue weighted by atomic mass is 9.99. The fourth-order valence-electron chi connectivity index (χ4n) is 2.67. The summed E-state index contributed by atoms with van der Waals surface area (Å²) < 4.78 is 5.74. The molecule has 2 aliphatic rings. The van der Waals surface area contributed by atoms with Crippen LogP contribution in [0.4, 0.5) is 0 Å². The SMILES string of the molecule is O=c1nc2oc(-c3ccccc3)cc(-c3ccccc3)c-2c(=O)[nH]1. The molecule has 0 saturated carbocycles. The molecule has 4 rings (SSSR count). The lowest BCUT2D eigenvalue weighted by Gasteiger charge is -2.12. The number of benzene rings is 2. The molecule has 2 heterocycles. The molecule has 116 valence electrons. The maximum atomic E-state index is 12.3. The van der Waals surface area contributed by atoms with Crippen molar-refractivity contribution in [2.45, 2.75) is 0 Å². The van der Waals surface area contributed by atoms with Gasteiger partial charge in [0.2, 0.25) is 5.89 Å². The second-order valence-electron chi connectivity index (χ2n) is 5.31. The van der Waals surface area contributed by atoms with Gasteiger partial charge in [-0.2, -0.15) is 4.98 Å². The van der Waals surface area contributed by atoms with E-state index in [1.165, 1.54) is 0 Å². The first-order chi connectivity index (χ1) is 11.7. The van der Waals surface area contributed by atoms with Crippen molar-refractivity contribution in [3.8, 4) is 33.9 Å². The molecule has 0 unspecified atom stereocenters. The lowest BCUT2D eigenvalue weighted by Crippen LogP contribution is -2.25. The Morgan fingerprint density at radius 1 is 0.833 bits per heavy atom. The highest BCUT2D eigenvalue weighted by molar-refractivity contribution is 5.82. The zero-order valence-electron chi connectivity index (χ0n) is 12.5. The van der Waals surface area contributed by atoms with E-state index in [-0.39, 0.29) is 11.5 Å². The molecule has 0 radical (unpaired) electrons. The van der Waals surface area contributed by atoms with Crippen molar-refractivity contribution in [3.63, 3.8) is 0 Å². The van der Waals surface area contributed by atoms with Gasteiger partial charge in [0.05, 0.1) is 0 Å². The number of aromatic amines is 1. The number of aromatic nitrogens is 2. The molecule has 0 bridgehead atoms. The first-order valence-corrected chi connectivity index (χ1v) is 7.41. The van der Waals surface area contributed by atoms with Gasteiger partial charge < -0.3 is 4.42 Å². The molecule has 5 nitrogen and oxygen atoms in total. The van der Waals surface area contributed by atoms with E-state index in [0.717, 1.165) is 11.1 Å². The smallest absolute Gasteiger partial charge is 0.351 e. The minimum Gasteiger partial charge on any atom is -0.437 e. The molecule has 5 heteroatoms. The molecular weight excluding hydrogens is 304 g/mol. The van der Waals surface area contributed by atoms with Crippen molar-refractivity contribution in [2.24, 2.45) is 0 Å². The minimum absolute atomic E-state index is 0.0314. The fraction of sp³-hybridized carbons (Fsp3) is 0. The summed E-state index contributed by atoms with van der Waals surface area (Å²) in [5.41, 5.74) is 1.39. The minimum atomic E-state index is -0.722. The van der Waals surface area contributed by atoms with Gasteiger partial charge in [-0.15, -0.1) is 0 Å². The summed E-state index contributed by atoms with van der Waals surface area (Å²) in [6.45, 7) is 0. The van der Waals surface area contributed by atoms with Crippen molar-refractivity contribution in [1.29, 1.82) is 0 Å². The Balaban J connectivity index is 2.10. The van der Waals surface area contributed by atoms with Gasteiger partial charge in [-0.25, -0.2) is 4.79 Å². The highest BCUT2D eigenvalue weighted by Crippen LogP contribution is 2.34. The molecule has 0 aromatic heterocycles. The molecule has 0 saturated heterocycles. The van der Waals surface area contributed by atoms with Crippen LogP contribution in [0.15, 0.2) is 80.7 Å². The van der Waals surface area contributed by atoms with Crippen LogP contribution in [0.1, 0.15) is 0 Å².